The molecule has 4 nitrogen and oxygen atoms in total. The number of amides is 1. The Hall–Kier alpha value is -2.23. The second-order valence-electron chi connectivity index (χ2n) is 3.84. The first-order chi connectivity index (χ1) is 8.70. The van der Waals surface area contributed by atoms with Crippen molar-refractivity contribution in [1.82, 2.24) is 0 Å². The number of nitrogens with one attached hydrogen (secondary N) is 1. The fourth-order valence-electron chi connectivity index (χ4n) is 1.62. The highest BCUT2D eigenvalue weighted by atomic mass is 16.5. The molecule has 0 spiro atoms. The van der Waals surface area contributed by atoms with Crippen LogP contribution in [0.1, 0.15) is 23.0 Å². The summed E-state index contributed by atoms with van der Waals surface area (Å²) >= 11 is 0. The molecule has 1 aromatic heterocycles. The highest BCUT2D eigenvalue weighted by Crippen LogP contribution is 2.22. The van der Waals surface area contributed by atoms with Crippen molar-refractivity contribution >= 4 is 11.6 Å². The van der Waals surface area contributed by atoms with E-state index in [0.29, 0.717) is 12.4 Å². The van der Waals surface area contributed by atoms with Crippen LogP contribution in [0.3, 0.4) is 0 Å². The van der Waals surface area contributed by atoms with Gasteiger partial charge < -0.3 is 14.5 Å². The van der Waals surface area contributed by atoms with Crippen molar-refractivity contribution in [3.05, 3.63) is 47.9 Å². The molecule has 1 heterocycles. The minimum absolute atomic E-state index is 0.257. The number of carbonyl (C=O) groups excluding carboxylic acids is 1. The normalized spacial score (nSPS) is 10.1. The number of ether oxygens (including phenoxy) is 1. The molecule has 18 heavy (non-hydrogen) atoms. The van der Waals surface area contributed by atoms with E-state index in [1.807, 2.05) is 32.0 Å². The van der Waals surface area contributed by atoms with Gasteiger partial charge in [0.05, 0.1) is 12.9 Å². The molecule has 1 N–H and O–H groups in total. The van der Waals surface area contributed by atoms with Crippen LogP contribution in [0.15, 0.2) is 41.0 Å². The molecule has 0 aliphatic rings. The zero-order chi connectivity index (χ0) is 13.0. The Morgan fingerprint density at radius 1 is 1.39 bits per heavy atom. The van der Waals surface area contributed by atoms with Crippen LogP contribution in [0.2, 0.25) is 0 Å². The molecule has 0 unspecified atom stereocenters. The Morgan fingerprint density at radius 2 is 2.22 bits per heavy atom. The second-order valence-corrected chi connectivity index (χ2v) is 3.84. The monoisotopic (exact) mass is 245 g/mol. The lowest BCUT2D eigenvalue weighted by Crippen LogP contribution is -2.11. The summed E-state index contributed by atoms with van der Waals surface area (Å²) < 4.78 is 10.4. The van der Waals surface area contributed by atoms with Crippen LogP contribution in [-0.4, -0.2) is 12.5 Å². The Balaban J connectivity index is 2.12. The van der Waals surface area contributed by atoms with Crippen molar-refractivity contribution in [2.45, 2.75) is 13.8 Å². The quantitative estimate of drug-likeness (QED) is 0.899. The van der Waals surface area contributed by atoms with Gasteiger partial charge in [-0.2, -0.15) is 0 Å². The molecule has 1 amide bonds. The van der Waals surface area contributed by atoms with Crippen LogP contribution in [0.4, 0.5) is 5.69 Å². The van der Waals surface area contributed by atoms with Crippen LogP contribution in [-0.2, 0) is 0 Å². The average Bonchev–Trinajstić information content (AvgIpc) is 2.86. The summed E-state index contributed by atoms with van der Waals surface area (Å²) in [5.41, 5.74) is 1.70. The van der Waals surface area contributed by atoms with E-state index in [1.165, 1.54) is 6.26 Å². The Bertz CT molecular complexity index is 532. The molecule has 0 fully saturated rings. The van der Waals surface area contributed by atoms with Crippen molar-refractivity contribution in [3.8, 4) is 5.75 Å². The average molecular weight is 245 g/mol. The second kappa shape index (κ2) is 5.40. The van der Waals surface area contributed by atoms with Crippen LogP contribution in [0.5, 0.6) is 5.75 Å². The highest BCUT2D eigenvalue weighted by Gasteiger charge is 2.10. The Morgan fingerprint density at radius 3 is 2.83 bits per heavy atom. The lowest BCUT2D eigenvalue weighted by Gasteiger charge is -2.09. The molecule has 0 radical (unpaired) electrons. The predicted octanol–water partition coefficient (Wildman–Crippen LogP) is 3.24. The van der Waals surface area contributed by atoms with E-state index in [2.05, 4.69) is 5.32 Å². The van der Waals surface area contributed by atoms with Crippen LogP contribution in [0, 0.1) is 6.92 Å². The van der Waals surface area contributed by atoms with Gasteiger partial charge in [-0.3, -0.25) is 4.79 Å². The van der Waals surface area contributed by atoms with E-state index in [9.17, 15) is 4.79 Å². The largest absolute Gasteiger partial charge is 0.494 e. The van der Waals surface area contributed by atoms with Crippen molar-refractivity contribution in [2.24, 2.45) is 0 Å². The number of aryl methyl sites for hydroxylation is 1. The predicted molar refractivity (Wildman–Crippen MR) is 69.0 cm³/mol. The SMILES string of the molecule is CCOc1ccc(NC(=O)c2ccco2)c(C)c1. The molecule has 2 rings (SSSR count). The van der Waals surface area contributed by atoms with Crippen LogP contribution in [0.25, 0.3) is 0 Å². The summed E-state index contributed by atoms with van der Waals surface area (Å²) in [5, 5.41) is 2.79. The van der Waals surface area contributed by atoms with Crippen molar-refractivity contribution < 1.29 is 13.9 Å². The zero-order valence-electron chi connectivity index (χ0n) is 10.4. The maximum atomic E-state index is 11.8. The third-order valence-electron chi connectivity index (χ3n) is 2.50. The maximum absolute atomic E-state index is 11.8. The third kappa shape index (κ3) is 2.71. The van der Waals surface area contributed by atoms with E-state index in [-0.39, 0.29) is 5.91 Å². The topological polar surface area (TPSA) is 51.5 Å². The van der Waals surface area contributed by atoms with Gasteiger partial charge in [-0.15, -0.1) is 0 Å². The zero-order valence-corrected chi connectivity index (χ0v) is 10.4. The number of furan rings is 1. The molecule has 0 aliphatic carbocycles. The maximum Gasteiger partial charge on any atom is 0.291 e. The smallest absolute Gasteiger partial charge is 0.291 e. The first kappa shape index (κ1) is 12.2. The summed E-state index contributed by atoms with van der Waals surface area (Å²) in [6.07, 6.45) is 1.47. The summed E-state index contributed by atoms with van der Waals surface area (Å²) in [5.74, 6) is 0.835. The van der Waals surface area contributed by atoms with Crippen molar-refractivity contribution in [1.29, 1.82) is 0 Å². The Labute approximate surface area is 106 Å². The first-order valence-electron chi connectivity index (χ1n) is 5.79. The molecule has 4 heteroatoms. The molecule has 0 saturated carbocycles. The van der Waals surface area contributed by atoms with Gasteiger partial charge in [0.2, 0.25) is 0 Å². The molecule has 0 bridgehead atoms. The molecule has 0 atom stereocenters. The van der Waals surface area contributed by atoms with Gasteiger partial charge >= 0.3 is 0 Å². The lowest BCUT2D eigenvalue weighted by molar-refractivity contribution is 0.0996. The fraction of sp³-hybridized carbons (Fsp3) is 0.214. The third-order valence-corrected chi connectivity index (χ3v) is 2.50. The summed E-state index contributed by atoms with van der Waals surface area (Å²) in [4.78, 5) is 11.8. The van der Waals surface area contributed by atoms with E-state index < -0.39 is 0 Å². The molecule has 0 saturated heterocycles. The van der Waals surface area contributed by atoms with Gasteiger partial charge in [-0.1, -0.05) is 0 Å². The molecule has 0 aliphatic heterocycles. The number of hydrogen-bond acceptors (Lipinski definition) is 3. The number of hydrogen-bond donors (Lipinski definition) is 1. The van der Waals surface area contributed by atoms with Crippen LogP contribution < -0.4 is 10.1 Å². The van der Waals surface area contributed by atoms with Gasteiger partial charge in [0.15, 0.2) is 5.76 Å². The Kier molecular flexibility index (Phi) is 3.67. The molecule has 1 aromatic carbocycles. The summed E-state index contributed by atoms with van der Waals surface area (Å²) in [6.45, 7) is 4.47. The number of carbonyl (C=O) groups is 1. The molecular weight excluding hydrogens is 230 g/mol. The summed E-state index contributed by atoms with van der Waals surface area (Å²) in [6, 6.07) is 8.84. The van der Waals surface area contributed by atoms with E-state index >= 15 is 0 Å². The minimum Gasteiger partial charge on any atom is -0.494 e. The van der Waals surface area contributed by atoms with Gasteiger partial charge in [0, 0.05) is 5.69 Å². The van der Waals surface area contributed by atoms with E-state index in [4.69, 9.17) is 9.15 Å². The minimum atomic E-state index is -0.257. The standard InChI is InChI=1S/C14H15NO3/c1-3-17-11-6-7-12(10(2)9-11)15-14(16)13-5-4-8-18-13/h4-9H,3H2,1-2H3,(H,15,16). The number of benzene rings is 1. The first-order valence-corrected chi connectivity index (χ1v) is 5.79. The van der Waals surface area contributed by atoms with E-state index in [1.54, 1.807) is 12.1 Å². The number of anilines is 1. The van der Waals surface area contributed by atoms with Gasteiger partial charge in [0.1, 0.15) is 5.75 Å². The van der Waals surface area contributed by atoms with Crippen molar-refractivity contribution in [3.63, 3.8) is 0 Å². The van der Waals surface area contributed by atoms with Crippen LogP contribution >= 0.6 is 0 Å². The van der Waals surface area contributed by atoms with Gasteiger partial charge in [-0.05, 0) is 49.7 Å². The number of rotatable bonds is 4. The highest BCUT2D eigenvalue weighted by molar-refractivity contribution is 6.02. The molecular formula is C14H15NO3. The molecule has 94 valence electrons. The summed E-state index contributed by atoms with van der Waals surface area (Å²) in [7, 11) is 0. The molecule has 2 aromatic rings. The van der Waals surface area contributed by atoms with Gasteiger partial charge in [-0.25, -0.2) is 0 Å². The van der Waals surface area contributed by atoms with Crippen molar-refractivity contribution in [2.75, 3.05) is 11.9 Å². The lowest BCUT2D eigenvalue weighted by atomic mass is 10.2. The van der Waals surface area contributed by atoms with E-state index in [0.717, 1.165) is 17.0 Å². The van der Waals surface area contributed by atoms with Gasteiger partial charge in [0.25, 0.3) is 5.91 Å². The fourth-order valence-corrected chi connectivity index (χ4v) is 1.62.